The Bertz CT molecular complexity index is 761. The average Bonchev–Trinajstić information content (AvgIpc) is 3.16. The van der Waals surface area contributed by atoms with E-state index in [0.717, 1.165) is 0 Å². The third kappa shape index (κ3) is 2.43. The molecule has 3 rings (SSSR count). The Balaban J connectivity index is 2.15. The molecule has 2 aromatic heterocycles. The Morgan fingerprint density at radius 2 is 2.05 bits per heavy atom. The summed E-state index contributed by atoms with van der Waals surface area (Å²) in [5, 5.41) is 4.20. The first-order chi connectivity index (χ1) is 10.2. The predicted molar refractivity (Wildman–Crippen MR) is 72.6 cm³/mol. The maximum Gasteiger partial charge on any atom is 0.358 e. The Labute approximate surface area is 119 Å². The van der Waals surface area contributed by atoms with Crippen LogP contribution in [0.25, 0.3) is 17.1 Å². The zero-order valence-corrected chi connectivity index (χ0v) is 11.1. The number of esters is 1. The molecule has 0 aliphatic carbocycles. The van der Waals surface area contributed by atoms with Crippen LogP contribution in [0, 0.1) is 5.82 Å². The average molecular weight is 286 g/mol. The monoisotopic (exact) mass is 286 g/mol. The molecule has 0 unspecified atom stereocenters. The van der Waals surface area contributed by atoms with Gasteiger partial charge in [-0.25, -0.2) is 13.9 Å². The van der Waals surface area contributed by atoms with Gasteiger partial charge in [-0.2, -0.15) is 5.10 Å². The van der Waals surface area contributed by atoms with Crippen LogP contribution in [-0.2, 0) is 4.74 Å². The quantitative estimate of drug-likeness (QED) is 0.694. The van der Waals surface area contributed by atoms with Gasteiger partial charge in [0.2, 0.25) is 0 Å². The number of ether oxygens (including phenoxy) is 1. The van der Waals surface area contributed by atoms with E-state index < -0.39 is 5.97 Å². The van der Waals surface area contributed by atoms with E-state index in [4.69, 9.17) is 4.42 Å². The molecule has 2 heterocycles. The summed E-state index contributed by atoms with van der Waals surface area (Å²) >= 11 is 0. The summed E-state index contributed by atoms with van der Waals surface area (Å²) < 4.78 is 24.6. The van der Waals surface area contributed by atoms with Crippen molar-refractivity contribution in [3.05, 3.63) is 60.2 Å². The lowest BCUT2D eigenvalue weighted by Gasteiger charge is -2.05. The zero-order valence-electron chi connectivity index (χ0n) is 11.1. The number of furan rings is 1. The molecule has 0 spiro atoms. The lowest BCUT2D eigenvalue weighted by Crippen LogP contribution is -2.04. The van der Waals surface area contributed by atoms with E-state index in [1.165, 1.54) is 30.2 Å². The van der Waals surface area contributed by atoms with Crippen molar-refractivity contribution in [2.24, 2.45) is 0 Å². The van der Waals surface area contributed by atoms with Gasteiger partial charge in [-0.1, -0.05) is 0 Å². The molecule has 0 aliphatic rings. The normalized spacial score (nSPS) is 10.6. The third-order valence-electron chi connectivity index (χ3n) is 2.95. The highest BCUT2D eigenvalue weighted by Gasteiger charge is 2.18. The lowest BCUT2D eigenvalue weighted by atomic mass is 10.2. The minimum atomic E-state index is -0.552. The molecule has 0 saturated heterocycles. The number of rotatable bonds is 3. The number of halogens is 1. The maximum atomic E-state index is 13.0. The van der Waals surface area contributed by atoms with Crippen LogP contribution in [0.5, 0.6) is 0 Å². The van der Waals surface area contributed by atoms with Gasteiger partial charge in [0.1, 0.15) is 11.5 Å². The zero-order chi connectivity index (χ0) is 14.8. The van der Waals surface area contributed by atoms with Crippen LogP contribution in [0.3, 0.4) is 0 Å². The molecule has 21 heavy (non-hydrogen) atoms. The molecule has 0 amide bonds. The summed E-state index contributed by atoms with van der Waals surface area (Å²) in [7, 11) is 1.28. The minimum absolute atomic E-state index is 0.147. The molecule has 106 valence electrons. The molecular formula is C15H11FN2O3. The van der Waals surface area contributed by atoms with Crippen LogP contribution in [-0.4, -0.2) is 22.9 Å². The van der Waals surface area contributed by atoms with Gasteiger partial charge in [0, 0.05) is 6.07 Å². The van der Waals surface area contributed by atoms with Crippen molar-refractivity contribution in [1.82, 2.24) is 9.78 Å². The van der Waals surface area contributed by atoms with Gasteiger partial charge < -0.3 is 9.15 Å². The summed E-state index contributed by atoms with van der Waals surface area (Å²) in [5.41, 5.74) is 1.33. The fourth-order valence-electron chi connectivity index (χ4n) is 1.96. The summed E-state index contributed by atoms with van der Waals surface area (Å²) in [5.74, 6) is -0.357. The van der Waals surface area contributed by atoms with Crippen molar-refractivity contribution in [2.45, 2.75) is 0 Å². The summed E-state index contributed by atoms with van der Waals surface area (Å²) in [6.45, 7) is 0. The Morgan fingerprint density at radius 1 is 1.29 bits per heavy atom. The number of nitrogens with zero attached hydrogens (tertiary/aromatic N) is 2. The first-order valence-corrected chi connectivity index (χ1v) is 6.17. The summed E-state index contributed by atoms with van der Waals surface area (Å²) in [6.07, 6.45) is 1.52. The van der Waals surface area contributed by atoms with Gasteiger partial charge in [-0.15, -0.1) is 0 Å². The molecule has 6 heteroatoms. The van der Waals surface area contributed by atoms with Crippen molar-refractivity contribution in [2.75, 3.05) is 7.11 Å². The fraction of sp³-hybridized carbons (Fsp3) is 0.0667. The highest BCUT2D eigenvalue weighted by atomic mass is 19.1. The molecule has 1 aromatic carbocycles. The van der Waals surface area contributed by atoms with Crippen LogP contribution in [0.2, 0.25) is 0 Å². The number of hydrogen-bond donors (Lipinski definition) is 0. The van der Waals surface area contributed by atoms with Gasteiger partial charge in [0.25, 0.3) is 0 Å². The highest BCUT2D eigenvalue weighted by Crippen LogP contribution is 2.24. The van der Waals surface area contributed by atoms with E-state index in [1.54, 1.807) is 30.3 Å². The molecule has 0 fully saturated rings. The van der Waals surface area contributed by atoms with Crippen LogP contribution >= 0.6 is 0 Å². The van der Waals surface area contributed by atoms with E-state index in [9.17, 15) is 9.18 Å². The van der Waals surface area contributed by atoms with E-state index in [-0.39, 0.29) is 11.5 Å². The topological polar surface area (TPSA) is 57.3 Å². The molecule has 0 N–H and O–H groups in total. The van der Waals surface area contributed by atoms with Crippen molar-refractivity contribution < 1.29 is 18.3 Å². The molecule has 0 bridgehead atoms. The second kappa shape index (κ2) is 5.24. The molecule has 5 nitrogen and oxygen atoms in total. The van der Waals surface area contributed by atoms with Crippen molar-refractivity contribution in [3.63, 3.8) is 0 Å². The Hall–Kier alpha value is -2.89. The number of aromatic nitrogens is 2. The number of benzene rings is 1. The highest BCUT2D eigenvalue weighted by molar-refractivity contribution is 5.88. The van der Waals surface area contributed by atoms with Crippen LogP contribution in [0.15, 0.2) is 53.1 Å². The molecule has 0 saturated carbocycles. The second-order valence-electron chi connectivity index (χ2n) is 4.27. The number of carbonyl (C=O) groups is 1. The molecule has 3 aromatic rings. The van der Waals surface area contributed by atoms with E-state index in [1.807, 2.05) is 0 Å². The largest absolute Gasteiger partial charge is 0.464 e. The first-order valence-electron chi connectivity index (χ1n) is 6.17. The van der Waals surface area contributed by atoms with Gasteiger partial charge in [-0.3, -0.25) is 0 Å². The van der Waals surface area contributed by atoms with E-state index in [2.05, 4.69) is 9.84 Å². The molecular weight excluding hydrogens is 275 g/mol. The van der Waals surface area contributed by atoms with Crippen molar-refractivity contribution >= 4 is 5.97 Å². The van der Waals surface area contributed by atoms with Gasteiger partial charge in [0.05, 0.1) is 19.1 Å². The standard InChI is InChI=1S/C15H11FN2O3/c1-20-15(19)12-9-13(14-3-2-8-21-14)18(17-12)11-6-4-10(16)5-7-11/h2-9H,1H3. The lowest BCUT2D eigenvalue weighted by molar-refractivity contribution is 0.0593. The second-order valence-corrected chi connectivity index (χ2v) is 4.27. The minimum Gasteiger partial charge on any atom is -0.464 e. The SMILES string of the molecule is COC(=O)c1cc(-c2ccco2)n(-c2ccc(F)cc2)n1. The van der Waals surface area contributed by atoms with E-state index in [0.29, 0.717) is 17.1 Å². The molecule has 0 radical (unpaired) electrons. The van der Waals surface area contributed by atoms with E-state index >= 15 is 0 Å². The van der Waals surface area contributed by atoms with Gasteiger partial charge in [0.15, 0.2) is 11.5 Å². The van der Waals surface area contributed by atoms with Crippen LogP contribution < -0.4 is 0 Å². The van der Waals surface area contributed by atoms with Gasteiger partial charge >= 0.3 is 5.97 Å². The first kappa shape index (κ1) is 13.1. The Morgan fingerprint density at radius 3 is 2.67 bits per heavy atom. The van der Waals surface area contributed by atoms with Crippen LogP contribution in [0.4, 0.5) is 4.39 Å². The predicted octanol–water partition coefficient (Wildman–Crippen LogP) is 3.06. The smallest absolute Gasteiger partial charge is 0.358 e. The van der Waals surface area contributed by atoms with Gasteiger partial charge in [-0.05, 0) is 36.4 Å². The number of hydrogen-bond acceptors (Lipinski definition) is 4. The summed E-state index contributed by atoms with van der Waals surface area (Å²) in [6, 6.07) is 10.8. The molecule has 0 aliphatic heterocycles. The maximum absolute atomic E-state index is 13.0. The van der Waals surface area contributed by atoms with Crippen LogP contribution in [0.1, 0.15) is 10.5 Å². The molecule has 0 atom stereocenters. The fourth-order valence-corrected chi connectivity index (χ4v) is 1.96. The van der Waals surface area contributed by atoms with Crippen molar-refractivity contribution in [3.8, 4) is 17.1 Å². The number of methoxy groups -OCH3 is 1. The number of carbonyl (C=O) groups excluding carboxylic acids is 1. The summed E-state index contributed by atoms with van der Waals surface area (Å²) in [4.78, 5) is 11.6. The third-order valence-corrected chi connectivity index (χ3v) is 2.95. The Kier molecular flexibility index (Phi) is 3.27. The van der Waals surface area contributed by atoms with Crippen molar-refractivity contribution in [1.29, 1.82) is 0 Å².